The van der Waals surface area contributed by atoms with Crippen LogP contribution in [-0.2, 0) is 0 Å². The second-order valence-electron chi connectivity index (χ2n) is 2.32. The van der Waals surface area contributed by atoms with Crippen molar-refractivity contribution in [1.82, 2.24) is 0 Å². The van der Waals surface area contributed by atoms with Gasteiger partial charge < -0.3 is 4.74 Å². The molecule has 0 spiro atoms. The number of allylic oxidation sites excluding steroid dienone is 1. The van der Waals surface area contributed by atoms with Gasteiger partial charge in [0.25, 0.3) is 0 Å². The Morgan fingerprint density at radius 2 is 2.31 bits per heavy atom. The van der Waals surface area contributed by atoms with Crippen LogP contribution in [0.25, 0.3) is 6.08 Å². The molecule has 0 unspecified atom stereocenters. The van der Waals surface area contributed by atoms with E-state index in [-0.39, 0.29) is 0 Å². The number of benzene rings is 1. The lowest BCUT2D eigenvalue weighted by Crippen LogP contribution is -1.86. The highest BCUT2D eigenvalue weighted by Crippen LogP contribution is 2.27. The van der Waals surface area contributed by atoms with Crippen LogP contribution in [0, 0.1) is 11.3 Å². The molecule has 13 heavy (non-hydrogen) atoms. The van der Waals surface area contributed by atoms with Crippen molar-refractivity contribution in [3.63, 3.8) is 0 Å². The number of halogens is 1. The number of hydrogen-bond donors (Lipinski definition) is 0. The summed E-state index contributed by atoms with van der Waals surface area (Å²) in [6, 6.07) is 7.24. The summed E-state index contributed by atoms with van der Waals surface area (Å²) in [6.07, 6.45) is 2.99. The number of nitrogens with zero attached hydrogens (tertiary/aromatic N) is 1. The van der Waals surface area contributed by atoms with Gasteiger partial charge in [0, 0.05) is 11.6 Å². The lowest BCUT2D eigenvalue weighted by atomic mass is 10.2. The van der Waals surface area contributed by atoms with Crippen LogP contribution < -0.4 is 4.74 Å². The maximum absolute atomic E-state index is 8.36. The Labute approximate surface area is 82.0 Å². The number of nitriles is 1. The van der Waals surface area contributed by atoms with Gasteiger partial charge in [0.05, 0.1) is 18.2 Å². The average molecular weight is 194 g/mol. The zero-order chi connectivity index (χ0) is 9.68. The van der Waals surface area contributed by atoms with E-state index >= 15 is 0 Å². The van der Waals surface area contributed by atoms with Gasteiger partial charge in [-0.05, 0) is 18.2 Å². The summed E-state index contributed by atoms with van der Waals surface area (Å²) in [7, 11) is 1.56. The van der Waals surface area contributed by atoms with Crippen molar-refractivity contribution in [2.45, 2.75) is 0 Å². The monoisotopic (exact) mass is 193 g/mol. The largest absolute Gasteiger partial charge is 0.496 e. The van der Waals surface area contributed by atoms with Crippen LogP contribution in [0.3, 0.4) is 0 Å². The van der Waals surface area contributed by atoms with Crippen LogP contribution in [-0.4, -0.2) is 7.11 Å². The van der Waals surface area contributed by atoms with Gasteiger partial charge in [0.15, 0.2) is 0 Å². The maximum atomic E-state index is 8.36. The van der Waals surface area contributed by atoms with Crippen molar-refractivity contribution in [2.24, 2.45) is 0 Å². The first-order valence-electron chi connectivity index (χ1n) is 3.68. The molecule has 1 aromatic rings. The Morgan fingerprint density at radius 3 is 2.92 bits per heavy atom. The van der Waals surface area contributed by atoms with Crippen LogP contribution >= 0.6 is 11.6 Å². The van der Waals surface area contributed by atoms with Crippen molar-refractivity contribution in [1.29, 1.82) is 5.26 Å². The standard InChI is InChI=1S/C10H8ClNO/c1-13-10-6-2-5-9(11)8(10)4-3-7-12/h2-6H,1H3. The molecule has 0 amide bonds. The van der Waals surface area contributed by atoms with Gasteiger partial charge in [-0.1, -0.05) is 17.7 Å². The molecule has 0 radical (unpaired) electrons. The minimum absolute atomic E-state index is 0.575. The van der Waals surface area contributed by atoms with E-state index in [9.17, 15) is 0 Å². The highest BCUT2D eigenvalue weighted by Gasteiger charge is 2.02. The van der Waals surface area contributed by atoms with Crippen LogP contribution in [0.15, 0.2) is 24.3 Å². The molecule has 0 aliphatic rings. The third-order valence-electron chi connectivity index (χ3n) is 1.56. The minimum atomic E-state index is 0.575. The van der Waals surface area contributed by atoms with Gasteiger partial charge >= 0.3 is 0 Å². The molecular formula is C10H8ClNO. The van der Waals surface area contributed by atoms with E-state index in [2.05, 4.69) is 0 Å². The smallest absolute Gasteiger partial charge is 0.127 e. The molecule has 0 bridgehead atoms. The summed E-state index contributed by atoms with van der Waals surface area (Å²) in [5.41, 5.74) is 0.730. The lowest BCUT2D eigenvalue weighted by molar-refractivity contribution is 0.414. The highest BCUT2D eigenvalue weighted by molar-refractivity contribution is 6.32. The number of ether oxygens (including phenoxy) is 1. The molecule has 1 aromatic carbocycles. The third-order valence-corrected chi connectivity index (χ3v) is 1.89. The second kappa shape index (κ2) is 4.54. The van der Waals surface area contributed by atoms with Gasteiger partial charge in [-0.25, -0.2) is 0 Å². The molecule has 0 aliphatic carbocycles. The van der Waals surface area contributed by atoms with Gasteiger partial charge in [-0.15, -0.1) is 0 Å². The molecule has 0 saturated heterocycles. The fourth-order valence-corrected chi connectivity index (χ4v) is 1.21. The van der Waals surface area contributed by atoms with Gasteiger partial charge in [-0.2, -0.15) is 5.26 Å². The molecule has 0 atom stereocenters. The first kappa shape index (κ1) is 9.63. The summed E-state index contributed by atoms with van der Waals surface area (Å²) in [6.45, 7) is 0. The van der Waals surface area contributed by atoms with Gasteiger partial charge in [0.2, 0.25) is 0 Å². The molecule has 0 fully saturated rings. The molecule has 0 saturated carbocycles. The van der Waals surface area contributed by atoms with Crippen molar-refractivity contribution in [3.05, 3.63) is 34.9 Å². The number of rotatable bonds is 2. The van der Waals surface area contributed by atoms with Crippen LogP contribution in [0.5, 0.6) is 5.75 Å². The highest BCUT2D eigenvalue weighted by atomic mass is 35.5. The normalized spacial score (nSPS) is 9.92. The van der Waals surface area contributed by atoms with Gasteiger partial charge in [-0.3, -0.25) is 0 Å². The van der Waals surface area contributed by atoms with Crippen LogP contribution in [0.2, 0.25) is 5.02 Å². The summed E-state index contributed by atoms with van der Waals surface area (Å²) >= 11 is 5.90. The fraction of sp³-hybridized carbons (Fsp3) is 0.100. The Hall–Kier alpha value is -1.46. The lowest BCUT2D eigenvalue weighted by Gasteiger charge is -2.04. The van der Waals surface area contributed by atoms with Crippen molar-refractivity contribution >= 4 is 17.7 Å². The summed E-state index contributed by atoms with van der Waals surface area (Å²) in [5.74, 6) is 0.666. The summed E-state index contributed by atoms with van der Waals surface area (Å²) in [4.78, 5) is 0. The van der Waals surface area contributed by atoms with Crippen LogP contribution in [0.1, 0.15) is 5.56 Å². The Balaban J connectivity index is 3.17. The molecule has 3 heteroatoms. The molecule has 1 rings (SSSR count). The maximum Gasteiger partial charge on any atom is 0.127 e. The summed E-state index contributed by atoms with van der Waals surface area (Å²) < 4.78 is 5.08. The van der Waals surface area contributed by atoms with E-state index in [1.807, 2.05) is 6.07 Å². The zero-order valence-corrected chi connectivity index (χ0v) is 7.88. The van der Waals surface area contributed by atoms with E-state index in [4.69, 9.17) is 21.6 Å². The number of methoxy groups -OCH3 is 1. The SMILES string of the molecule is COc1cccc(Cl)c1C=CC#N. The third kappa shape index (κ3) is 2.24. The van der Waals surface area contributed by atoms with E-state index in [1.165, 1.54) is 6.08 Å². The average Bonchev–Trinajstić information content (AvgIpc) is 2.15. The molecule has 0 aromatic heterocycles. The van der Waals surface area contributed by atoms with Crippen LogP contribution in [0.4, 0.5) is 0 Å². The van der Waals surface area contributed by atoms with E-state index in [0.29, 0.717) is 10.8 Å². The second-order valence-corrected chi connectivity index (χ2v) is 2.73. The first-order chi connectivity index (χ1) is 6.29. The zero-order valence-electron chi connectivity index (χ0n) is 7.12. The fourth-order valence-electron chi connectivity index (χ4n) is 0.978. The molecule has 2 nitrogen and oxygen atoms in total. The first-order valence-corrected chi connectivity index (χ1v) is 4.06. The van der Waals surface area contributed by atoms with E-state index < -0.39 is 0 Å². The quantitative estimate of drug-likeness (QED) is 0.677. The predicted molar refractivity (Wildman–Crippen MR) is 52.7 cm³/mol. The van der Waals surface area contributed by atoms with E-state index in [0.717, 1.165) is 5.56 Å². The summed E-state index contributed by atoms with van der Waals surface area (Å²) in [5, 5.41) is 8.94. The van der Waals surface area contributed by atoms with Crippen molar-refractivity contribution in [3.8, 4) is 11.8 Å². The van der Waals surface area contributed by atoms with Crippen molar-refractivity contribution in [2.75, 3.05) is 7.11 Å². The molecule has 0 N–H and O–H groups in total. The minimum Gasteiger partial charge on any atom is -0.496 e. The number of hydrogen-bond acceptors (Lipinski definition) is 2. The molecular weight excluding hydrogens is 186 g/mol. The molecule has 66 valence electrons. The Kier molecular flexibility index (Phi) is 3.36. The Bertz CT molecular complexity index is 366. The Morgan fingerprint density at radius 1 is 1.54 bits per heavy atom. The predicted octanol–water partition coefficient (Wildman–Crippen LogP) is 2.89. The van der Waals surface area contributed by atoms with E-state index in [1.54, 1.807) is 31.4 Å². The molecule has 0 heterocycles. The molecule has 0 aliphatic heterocycles. The topological polar surface area (TPSA) is 33.0 Å². The van der Waals surface area contributed by atoms with Gasteiger partial charge in [0.1, 0.15) is 5.75 Å². The van der Waals surface area contributed by atoms with Crippen molar-refractivity contribution < 1.29 is 4.74 Å².